The van der Waals surface area contributed by atoms with E-state index in [0.717, 1.165) is 25.7 Å². The van der Waals surface area contributed by atoms with Crippen molar-refractivity contribution in [2.24, 2.45) is 5.92 Å². The molecule has 0 N–H and O–H groups in total. The second-order valence-corrected chi connectivity index (χ2v) is 4.79. The molecule has 20 heavy (non-hydrogen) atoms. The van der Waals surface area contributed by atoms with Crippen molar-refractivity contribution in [3.05, 3.63) is 23.8 Å². The highest BCUT2D eigenvalue weighted by Crippen LogP contribution is 2.27. The molecule has 1 aromatic carbocycles. The van der Waals surface area contributed by atoms with E-state index < -0.39 is 11.9 Å². The molecular formula is C15H18O5. The van der Waals surface area contributed by atoms with Crippen LogP contribution in [0.15, 0.2) is 18.2 Å². The van der Waals surface area contributed by atoms with Gasteiger partial charge in [-0.2, -0.15) is 0 Å². The summed E-state index contributed by atoms with van der Waals surface area (Å²) in [6.45, 7) is 0. The molecule has 2 rings (SSSR count). The molecular weight excluding hydrogens is 260 g/mol. The largest absolute Gasteiger partial charge is 0.497 e. The standard InChI is InChI=1S/C15H18O5/c1-18-12-7-11(8-13(9-12)19-2)15(17)20-14(16)10-5-3-4-6-10/h7-10H,3-6H2,1-2H3. The first-order valence-electron chi connectivity index (χ1n) is 6.63. The van der Waals surface area contributed by atoms with Gasteiger partial charge in [-0.25, -0.2) is 4.79 Å². The van der Waals surface area contributed by atoms with Gasteiger partial charge in [0, 0.05) is 6.07 Å². The van der Waals surface area contributed by atoms with Crippen molar-refractivity contribution >= 4 is 11.9 Å². The number of esters is 2. The van der Waals surface area contributed by atoms with E-state index >= 15 is 0 Å². The zero-order valence-corrected chi connectivity index (χ0v) is 11.7. The highest BCUT2D eigenvalue weighted by Gasteiger charge is 2.26. The molecule has 0 amide bonds. The van der Waals surface area contributed by atoms with Gasteiger partial charge in [-0.1, -0.05) is 12.8 Å². The fourth-order valence-corrected chi connectivity index (χ4v) is 2.32. The molecule has 5 nitrogen and oxygen atoms in total. The molecule has 1 aliphatic rings. The summed E-state index contributed by atoms with van der Waals surface area (Å²) < 4.78 is 15.1. The summed E-state index contributed by atoms with van der Waals surface area (Å²) >= 11 is 0. The summed E-state index contributed by atoms with van der Waals surface area (Å²) in [5.41, 5.74) is 0.243. The number of hydrogen-bond acceptors (Lipinski definition) is 5. The Morgan fingerprint density at radius 3 is 2.05 bits per heavy atom. The first-order chi connectivity index (χ1) is 9.63. The number of benzene rings is 1. The minimum Gasteiger partial charge on any atom is -0.497 e. The Bertz CT molecular complexity index is 481. The second-order valence-electron chi connectivity index (χ2n) is 4.79. The molecule has 0 radical (unpaired) electrons. The first kappa shape index (κ1) is 14.4. The molecule has 1 aromatic rings. The van der Waals surface area contributed by atoms with Crippen LogP contribution in [0.5, 0.6) is 11.5 Å². The van der Waals surface area contributed by atoms with Crippen LogP contribution < -0.4 is 9.47 Å². The number of carbonyl (C=O) groups is 2. The maximum absolute atomic E-state index is 12.0. The number of ether oxygens (including phenoxy) is 3. The predicted octanol–water partition coefficient (Wildman–Crippen LogP) is 2.58. The van der Waals surface area contributed by atoms with Crippen LogP contribution in [0, 0.1) is 5.92 Å². The highest BCUT2D eigenvalue weighted by atomic mass is 16.6. The number of methoxy groups -OCH3 is 2. The van der Waals surface area contributed by atoms with E-state index in [9.17, 15) is 9.59 Å². The van der Waals surface area contributed by atoms with Crippen LogP contribution in [0.2, 0.25) is 0 Å². The van der Waals surface area contributed by atoms with Crippen molar-refractivity contribution in [1.29, 1.82) is 0 Å². The molecule has 0 unspecified atom stereocenters. The molecule has 0 aromatic heterocycles. The average molecular weight is 278 g/mol. The summed E-state index contributed by atoms with van der Waals surface area (Å²) in [5.74, 6) is -0.297. The predicted molar refractivity (Wildman–Crippen MR) is 71.9 cm³/mol. The summed E-state index contributed by atoms with van der Waals surface area (Å²) in [6.07, 6.45) is 3.63. The minimum atomic E-state index is -0.667. The summed E-state index contributed by atoms with van der Waals surface area (Å²) in [7, 11) is 2.99. The van der Waals surface area contributed by atoms with Crippen molar-refractivity contribution in [3.8, 4) is 11.5 Å². The zero-order chi connectivity index (χ0) is 14.5. The van der Waals surface area contributed by atoms with Crippen LogP contribution >= 0.6 is 0 Å². The average Bonchev–Trinajstić information content (AvgIpc) is 3.00. The molecule has 5 heteroatoms. The van der Waals surface area contributed by atoms with E-state index in [1.54, 1.807) is 6.07 Å². The van der Waals surface area contributed by atoms with Gasteiger partial charge in [-0.15, -0.1) is 0 Å². The summed E-state index contributed by atoms with van der Waals surface area (Å²) in [4.78, 5) is 23.8. The summed E-state index contributed by atoms with van der Waals surface area (Å²) in [6, 6.07) is 4.69. The van der Waals surface area contributed by atoms with Gasteiger partial charge in [0.05, 0.1) is 25.7 Å². The number of hydrogen-bond donors (Lipinski definition) is 0. The Morgan fingerprint density at radius 1 is 1.00 bits per heavy atom. The molecule has 0 heterocycles. The van der Waals surface area contributed by atoms with E-state index in [1.807, 2.05) is 0 Å². The molecule has 1 saturated carbocycles. The molecule has 0 bridgehead atoms. The Kier molecular flexibility index (Phi) is 4.61. The molecule has 0 aliphatic heterocycles. The van der Waals surface area contributed by atoms with Crippen molar-refractivity contribution < 1.29 is 23.8 Å². The molecule has 0 saturated heterocycles. The molecule has 1 fully saturated rings. The second kappa shape index (κ2) is 6.41. The van der Waals surface area contributed by atoms with Crippen LogP contribution in [0.1, 0.15) is 36.0 Å². The van der Waals surface area contributed by atoms with Crippen molar-refractivity contribution in [2.75, 3.05) is 14.2 Å². The minimum absolute atomic E-state index is 0.147. The third-order valence-electron chi connectivity index (χ3n) is 3.47. The van der Waals surface area contributed by atoms with Gasteiger partial charge in [-0.3, -0.25) is 4.79 Å². The third kappa shape index (κ3) is 3.29. The van der Waals surface area contributed by atoms with Gasteiger partial charge in [0.25, 0.3) is 0 Å². The fraction of sp³-hybridized carbons (Fsp3) is 0.467. The van der Waals surface area contributed by atoms with Crippen LogP contribution in [-0.4, -0.2) is 26.2 Å². The van der Waals surface area contributed by atoms with Crippen molar-refractivity contribution in [2.45, 2.75) is 25.7 Å². The Hall–Kier alpha value is -2.04. The van der Waals surface area contributed by atoms with Crippen LogP contribution in [0.4, 0.5) is 0 Å². The monoisotopic (exact) mass is 278 g/mol. The van der Waals surface area contributed by atoms with E-state index in [4.69, 9.17) is 14.2 Å². The van der Waals surface area contributed by atoms with Gasteiger partial charge >= 0.3 is 11.9 Å². The SMILES string of the molecule is COc1cc(OC)cc(C(=O)OC(=O)C2CCCC2)c1. The van der Waals surface area contributed by atoms with Gasteiger partial charge in [0.15, 0.2) is 0 Å². The lowest BCUT2D eigenvalue weighted by Gasteiger charge is -2.10. The molecule has 108 valence electrons. The van der Waals surface area contributed by atoms with E-state index in [2.05, 4.69) is 0 Å². The third-order valence-corrected chi connectivity index (χ3v) is 3.47. The quantitative estimate of drug-likeness (QED) is 0.625. The first-order valence-corrected chi connectivity index (χ1v) is 6.63. The lowest BCUT2D eigenvalue weighted by atomic mass is 10.1. The lowest BCUT2D eigenvalue weighted by Crippen LogP contribution is -2.19. The number of carbonyl (C=O) groups excluding carboxylic acids is 2. The van der Waals surface area contributed by atoms with Gasteiger partial charge < -0.3 is 14.2 Å². The van der Waals surface area contributed by atoms with Gasteiger partial charge in [0.1, 0.15) is 11.5 Å². The van der Waals surface area contributed by atoms with Gasteiger partial charge in [0.2, 0.25) is 0 Å². The fourth-order valence-electron chi connectivity index (χ4n) is 2.32. The van der Waals surface area contributed by atoms with E-state index in [-0.39, 0.29) is 11.5 Å². The summed E-state index contributed by atoms with van der Waals surface area (Å²) in [5, 5.41) is 0. The van der Waals surface area contributed by atoms with Crippen LogP contribution in [0.3, 0.4) is 0 Å². The van der Waals surface area contributed by atoms with E-state index in [1.165, 1.54) is 26.4 Å². The highest BCUT2D eigenvalue weighted by molar-refractivity contribution is 5.98. The van der Waals surface area contributed by atoms with Gasteiger partial charge in [-0.05, 0) is 25.0 Å². The normalized spacial score (nSPS) is 14.9. The van der Waals surface area contributed by atoms with Crippen LogP contribution in [0.25, 0.3) is 0 Å². The maximum atomic E-state index is 12.0. The van der Waals surface area contributed by atoms with E-state index in [0.29, 0.717) is 11.5 Å². The molecule has 0 spiro atoms. The Balaban J connectivity index is 2.09. The number of rotatable bonds is 4. The smallest absolute Gasteiger partial charge is 0.346 e. The molecule has 0 atom stereocenters. The molecule has 1 aliphatic carbocycles. The Morgan fingerprint density at radius 2 is 1.55 bits per heavy atom. The topological polar surface area (TPSA) is 61.8 Å². The maximum Gasteiger partial charge on any atom is 0.346 e. The zero-order valence-electron chi connectivity index (χ0n) is 11.7. The van der Waals surface area contributed by atoms with Crippen molar-refractivity contribution in [3.63, 3.8) is 0 Å². The van der Waals surface area contributed by atoms with Crippen LogP contribution in [-0.2, 0) is 9.53 Å². The van der Waals surface area contributed by atoms with Crippen molar-refractivity contribution in [1.82, 2.24) is 0 Å². The lowest BCUT2D eigenvalue weighted by molar-refractivity contribution is -0.142. The Labute approximate surface area is 117 Å².